The van der Waals surface area contributed by atoms with E-state index in [0.717, 1.165) is 0 Å². The van der Waals surface area contributed by atoms with Crippen molar-refractivity contribution in [2.75, 3.05) is 0 Å². The zero-order valence-corrected chi connectivity index (χ0v) is 14.2. The van der Waals surface area contributed by atoms with Crippen LogP contribution in [0.4, 0.5) is 0 Å². The SMILES string of the molecule is CC(C(=O)O)n1c(-c2cc(Cl)ccc2Cl)nc2ccc(Cl)cc21. The number of halogens is 3. The Labute approximate surface area is 147 Å². The van der Waals surface area contributed by atoms with Crippen molar-refractivity contribution in [3.05, 3.63) is 51.5 Å². The summed E-state index contributed by atoms with van der Waals surface area (Å²) in [5.74, 6) is -0.548. The molecule has 0 radical (unpaired) electrons. The van der Waals surface area contributed by atoms with E-state index in [2.05, 4.69) is 4.98 Å². The fraction of sp³-hybridized carbons (Fsp3) is 0.125. The number of imidazole rings is 1. The number of carboxylic acid groups (broad SMARTS) is 1. The van der Waals surface area contributed by atoms with Gasteiger partial charge in [-0.15, -0.1) is 0 Å². The highest BCUT2D eigenvalue weighted by Gasteiger charge is 2.23. The highest BCUT2D eigenvalue weighted by molar-refractivity contribution is 6.35. The molecule has 1 aromatic heterocycles. The van der Waals surface area contributed by atoms with Crippen molar-refractivity contribution in [2.45, 2.75) is 13.0 Å². The van der Waals surface area contributed by atoms with Gasteiger partial charge in [0.1, 0.15) is 11.9 Å². The molecule has 118 valence electrons. The number of nitrogens with zero attached hydrogens (tertiary/aromatic N) is 2. The van der Waals surface area contributed by atoms with Gasteiger partial charge in [-0.1, -0.05) is 34.8 Å². The second-order valence-electron chi connectivity index (χ2n) is 5.08. The Morgan fingerprint density at radius 1 is 1.13 bits per heavy atom. The van der Waals surface area contributed by atoms with E-state index < -0.39 is 12.0 Å². The normalized spacial score (nSPS) is 12.5. The maximum atomic E-state index is 11.5. The van der Waals surface area contributed by atoms with Gasteiger partial charge in [0.15, 0.2) is 0 Å². The number of fused-ring (bicyclic) bond motifs is 1. The molecule has 0 saturated carbocycles. The molecule has 0 fully saturated rings. The van der Waals surface area contributed by atoms with Gasteiger partial charge in [-0.25, -0.2) is 9.78 Å². The van der Waals surface area contributed by atoms with Crippen molar-refractivity contribution in [3.63, 3.8) is 0 Å². The summed E-state index contributed by atoms with van der Waals surface area (Å²) in [4.78, 5) is 16.0. The zero-order valence-electron chi connectivity index (χ0n) is 11.9. The van der Waals surface area contributed by atoms with E-state index in [9.17, 15) is 9.90 Å². The van der Waals surface area contributed by atoms with Crippen LogP contribution in [0.2, 0.25) is 15.1 Å². The monoisotopic (exact) mass is 368 g/mol. The first-order chi connectivity index (χ1) is 10.9. The van der Waals surface area contributed by atoms with E-state index in [-0.39, 0.29) is 0 Å². The van der Waals surface area contributed by atoms with E-state index in [0.29, 0.717) is 37.5 Å². The predicted molar refractivity (Wildman–Crippen MR) is 92.5 cm³/mol. The highest BCUT2D eigenvalue weighted by Crippen LogP contribution is 2.35. The number of hydrogen-bond donors (Lipinski definition) is 1. The van der Waals surface area contributed by atoms with E-state index >= 15 is 0 Å². The summed E-state index contributed by atoms with van der Waals surface area (Å²) in [5, 5.41) is 10.9. The summed E-state index contributed by atoms with van der Waals surface area (Å²) < 4.78 is 1.60. The maximum Gasteiger partial charge on any atom is 0.326 e. The summed E-state index contributed by atoms with van der Waals surface area (Å²) in [6.45, 7) is 1.58. The Balaban J connectivity index is 2.38. The third kappa shape index (κ3) is 2.90. The standard InChI is InChI=1S/C16H11Cl3N2O2/c1-8(16(22)23)21-14-7-10(18)3-5-13(14)20-15(21)11-6-9(17)2-4-12(11)19/h2-8H,1H3,(H,22,23). The van der Waals surface area contributed by atoms with Crippen LogP contribution in [0.5, 0.6) is 0 Å². The van der Waals surface area contributed by atoms with Gasteiger partial charge in [0.05, 0.1) is 16.1 Å². The molecule has 7 heteroatoms. The van der Waals surface area contributed by atoms with Crippen LogP contribution in [0.3, 0.4) is 0 Å². The van der Waals surface area contributed by atoms with Crippen LogP contribution in [-0.4, -0.2) is 20.6 Å². The Kier molecular flexibility index (Phi) is 4.23. The van der Waals surface area contributed by atoms with E-state index in [1.54, 1.807) is 47.9 Å². The molecule has 4 nitrogen and oxygen atoms in total. The lowest BCUT2D eigenvalue weighted by atomic mass is 10.2. The van der Waals surface area contributed by atoms with Crippen molar-refractivity contribution in [1.82, 2.24) is 9.55 Å². The molecule has 1 heterocycles. The second kappa shape index (κ2) is 6.04. The lowest BCUT2D eigenvalue weighted by Crippen LogP contribution is -2.16. The molecule has 0 aliphatic carbocycles. The molecule has 0 aliphatic rings. The molecule has 2 aromatic carbocycles. The summed E-state index contributed by atoms with van der Waals surface area (Å²) in [6.07, 6.45) is 0. The minimum Gasteiger partial charge on any atom is -0.480 e. The molecule has 3 aromatic rings. The second-order valence-corrected chi connectivity index (χ2v) is 6.36. The number of aromatic nitrogens is 2. The van der Waals surface area contributed by atoms with Gasteiger partial charge < -0.3 is 9.67 Å². The van der Waals surface area contributed by atoms with Gasteiger partial charge in [-0.05, 0) is 43.3 Å². The lowest BCUT2D eigenvalue weighted by molar-refractivity contribution is -0.140. The lowest BCUT2D eigenvalue weighted by Gasteiger charge is -2.14. The van der Waals surface area contributed by atoms with Gasteiger partial charge in [0, 0.05) is 15.6 Å². The minimum atomic E-state index is -0.983. The van der Waals surface area contributed by atoms with Gasteiger partial charge in [0.25, 0.3) is 0 Å². The maximum absolute atomic E-state index is 11.5. The number of carboxylic acids is 1. The molecule has 1 atom stereocenters. The molecular weight excluding hydrogens is 359 g/mol. The fourth-order valence-corrected chi connectivity index (χ4v) is 2.97. The Hall–Kier alpha value is -1.75. The molecular formula is C16H11Cl3N2O2. The van der Waals surface area contributed by atoms with Crippen molar-refractivity contribution in [2.24, 2.45) is 0 Å². The Morgan fingerprint density at radius 2 is 1.78 bits per heavy atom. The van der Waals surface area contributed by atoms with Crippen LogP contribution in [0.1, 0.15) is 13.0 Å². The molecule has 0 bridgehead atoms. The third-order valence-corrected chi connectivity index (χ3v) is 4.37. The van der Waals surface area contributed by atoms with Crippen LogP contribution >= 0.6 is 34.8 Å². The summed E-state index contributed by atoms with van der Waals surface area (Å²) in [7, 11) is 0. The van der Waals surface area contributed by atoms with Crippen molar-refractivity contribution < 1.29 is 9.90 Å². The first-order valence-electron chi connectivity index (χ1n) is 6.74. The quantitative estimate of drug-likeness (QED) is 0.680. The van der Waals surface area contributed by atoms with Crippen molar-refractivity contribution in [1.29, 1.82) is 0 Å². The third-order valence-electron chi connectivity index (χ3n) is 3.57. The van der Waals surface area contributed by atoms with E-state index in [1.165, 1.54) is 0 Å². The first kappa shape index (κ1) is 16.1. The molecule has 1 N–H and O–H groups in total. The zero-order chi connectivity index (χ0) is 16.7. The summed E-state index contributed by atoms with van der Waals surface area (Å²) in [6, 6.07) is 9.27. The van der Waals surface area contributed by atoms with Crippen LogP contribution in [0.25, 0.3) is 22.4 Å². The van der Waals surface area contributed by atoms with Gasteiger partial charge in [0.2, 0.25) is 0 Å². The van der Waals surface area contributed by atoms with Crippen LogP contribution in [0.15, 0.2) is 36.4 Å². The average molecular weight is 370 g/mol. The van der Waals surface area contributed by atoms with Gasteiger partial charge in [-0.3, -0.25) is 0 Å². The topological polar surface area (TPSA) is 55.1 Å². The minimum absolute atomic E-state index is 0.435. The Bertz CT molecular complexity index is 921. The molecule has 0 aliphatic heterocycles. The fourth-order valence-electron chi connectivity index (χ4n) is 2.43. The summed E-state index contributed by atoms with van der Waals surface area (Å²) >= 11 is 18.4. The largest absolute Gasteiger partial charge is 0.480 e. The van der Waals surface area contributed by atoms with Crippen LogP contribution in [-0.2, 0) is 4.79 Å². The number of rotatable bonds is 3. The first-order valence-corrected chi connectivity index (χ1v) is 7.87. The number of benzene rings is 2. The van der Waals surface area contributed by atoms with E-state index in [1.807, 2.05) is 0 Å². The molecule has 0 spiro atoms. The van der Waals surface area contributed by atoms with Gasteiger partial charge >= 0.3 is 5.97 Å². The van der Waals surface area contributed by atoms with Crippen molar-refractivity contribution in [3.8, 4) is 11.4 Å². The van der Waals surface area contributed by atoms with E-state index in [4.69, 9.17) is 34.8 Å². The molecule has 23 heavy (non-hydrogen) atoms. The number of aliphatic carboxylic acids is 1. The van der Waals surface area contributed by atoms with Crippen LogP contribution in [0, 0.1) is 0 Å². The Morgan fingerprint density at radius 3 is 2.48 bits per heavy atom. The molecule has 0 amide bonds. The smallest absolute Gasteiger partial charge is 0.326 e. The molecule has 0 saturated heterocycles. The predicted octanol–water partition coefficient (Wildman–Crippen LogP) is 5.31. The molecule has 3 rings (SSSR count). The summed E-state index contributed by atoms with van der Waals surface area (Å²) in [5.41, 5.74) is 1.83. The number of carbonyl (C=O) groups is 1. The average Bonchev–Trinajstić information content (AvgIpc) is 2.87. The molecule has 1 unspecified atom stereocenters. The number of hydrogen-bond acceptors (Lipinski definition) is 2. The van der Waals surface area contributed by atoms with Crippen molar-refractivity contribution >= 4 is 51.8 Å². The van der Waals surface area contributed by atoms with Crippen LogP contribution < -0.4 is 0 Å². The highest BCUT2D eigenvalue weighted by atomic mass is 35.5. The van der Waals surface area contributed by atoms with Gasteiger partial charge in [-0.2, -0.15) is 0 Å².